The lowest BCUT2D eigenvalue weighted by Crippen LogP contribution is -2.47. The Morgan fingerprint density at radius 3 is 2.32 bits per heavy atom. The molecule has 3 heterocycles. The van der Waals surface area contributed by atoms with Gasteiger partial charge in [-0.1, -0.05) is 47.5 Å². The molecule has 1 aliphatic rings. The van der Waals surface area contributed by atoms with Crippen LogP contribution in [0.25, 0.3) is 5.78 Å². The van der Waals surface area contributed by atoms with Crippen LogP contribution >= 0.6 is 0 Å². The molecule has 2 aromatic carbocycles. The van der Waals surface area contributed by atoms with Crippen LogP contribution in [0, 0.1) is 20.8 Å². The minimum Gasteiger partial charge on any atom is -0.369 e. The van der Waals surface area contributed by atoms with Crippen molar-refractivity contribution in [2.45, 2.75) is 40.2 Å². The van der Waals surface area contributed by atoms with E-state index in [4.69, 9.17) is 4.98 Å². The number of rotatable bonds is 5. The van der Waals surface area contributed by atoms with Gasteiger partial charge < -0.3 is 9.88 Å². The number of anilines is 1. The first-order chi connectivity index (χ1) is 16.4. The van der Waals surface area contributed by atoms with Crippen molar-refractivity contribution in [1.29, 1.82) is 0 Å². The van der Waals surface area contributed by atoms with E-state index < -0.39 is 0 Å². The summed E-state index contributed by atoms with van der Waals surface area (Å²) >= 11 is 0. The first kappa shape index (κ1) is 22.3. The lowest BCUT2D eigenvalue weighted by Gasteiger charge is -2.38. The lowest BCUT2D eigenvalue weighted by molar-refractivity contribution is 0.192. The molecule has 2 aromatic heterocycles. The highest BCUT2D eigenvalue weighted by Crippen LogP contribution is 2.22. The fourth-order valence-electron chi connectivity index (χ4n) is 5.01. The van der Waals surface area contributed by atoms with E-state index in [1.807, 2.05) is 13.0 Å². The average molecular weight is 457 g/mol. The van der Waals surface area contributed by atoms with Gasteiger partial charge in [-0.25, -0.2) is 0 Å². The second-order valence-electron chi connectivity index (χ2n) is 9.45. The molecule has 34 heavy (non-hydrogen) atoms. The summed E-state index contributed by atoms with van der Waals surface area (Å²) in [5.41, 5.74) is 6.29. The van der Waals surface area contributed by atoms with Crippen LogP contribution in [0.2, 0.25) is 0 Å². The second-order valence-corrected chi connectivity index (χ2v) is 9.45. The Kier molecular flexibility index (Phi) is 5.96. The van der Waals surface area contributed by atoms with E-state index in [-0.39, 0.29) is 11.6 Å². The van der Waals surface area contributed by atoms with Crippen LogP contribution < -0.4 is 10.5 Å². The van der Waals surface area contributed by atoms with Gasteiger partial charge in [0.05, 0.1) is 6.04 Å². The number of hydrogen-bond acceptors (Lipinski definition) is 5. The molecule has 1 aliphatic heterocycles. The SMILES string of the molecule is Cc1cc(C)cc(Cc2c(C)[nH]c3nc(C(C)N4CCN(c5ccccc5)CC4)nn3c2=O)c1. The molecular weight excluding hydrogens is 424 g/mol. The summed E-state index contributed by atoms with van der Waals surface area (Å²) in [5, 5.41) is 4.65. The van der Waals surface area contributed by atoms with Crippen LogP contribution in [0.5, 0.6) is 0 Å². The van der Waals surface area contributed by atoms with Crippen LogP contribution in [0.15, 0.2) is 53.3 Å². The van der Waals surface area contributed by atoms with E-state index in [1.165, 1.54) is 21.3 Å². The molecule has 7 nitrogen and oxygen atoms in total. The molecule has 5 rings (SSSR count). The van der Waals surface area contributed by atoms with Gasteiger partial charge in [0.1, 0.15) is 0 Å². The molecule has 0 radical (unpaired) electrons. The van der Waals surface area contributed by atoms with E-state index in [0.717, 1.165) is 43.0 Å². The molecule has 4 aromatic rings. The van der Waals surface area contributed by atoms with Gasteiger partial charge in [0.25, 0.3) is 5.56 Å². The van der Waals surface area contributed by atoms with Gasteiger partial charge in [-0.2, -0.15) is 9.50 Å². The van der Waals surface area contributed by atoms with Crippen LogP contribution in [0.4, 0.5) is 5.69 Å². The van der Waals surface area contributed by atoms with E-state index in [0.29, 0.717) is 18.0 Å². The summed E-state index contributed by atoms with van der Waals surface area (Å²) in [6.07, 6.45) is 0.575. The highest BCUT2D eigenvalue weighted by Gasteiger charge is 2.26. The van der Waals surface area contributed by atoms with Crippen molar-refractivity contribution in [3.63, 3.8) is 0 Å². The van der Waals surface area contributed by atoms with Gasteiger partial charge in [-0.3, -0.25) is 9.69 Å². The standard InChI is InChI=1S/C27H32N6O/c1-18-14-19(2)16-22(15-18)17-24-20(3)28-27-29-25(30-33(27)26(24)34)21(4)31-10-12-32(13-11-31)23-8-6-5-7-9-23/h5-9,14-16,21H,10-13,17H2,1-4H3,(H,28,29,30). The normalized spacial score (nSPS) is 15.7. The molecule has 0 aliphatic carbocycles. The third-order valence-corrected chi connectivity index (χ3v) is 6.85. The number of fused-ring (bicyclic) bond motifs is 1. The molecule has 176 valence electrons. The summed E-state index contributed by atoms with van der Waals surface area (Å²) < 4.78 is 1.44. The number of hydrogen-bond donors (Lipinski definition) is 1. The summed E-state index contributed by atoms with van der Waals surface area (Å²) in [4.78, 5) is 26.2. The highest BCUT2D eigenvalue weighted by atomic mass is 16.1. The molecular formula is C27H32N6O. The zero-order chi connectivity index (χ0) is 23.8. The number of piperazine rings is 1. The molecule has 0 amide bonds. The second kappa shape index (κ2) is 9.06. The maximum Gasteiger partial charge on any atom is 0.279 e. The minimum absolute atomic E-state index is 0.0359. The van der Waals surface area contributed by atoms with Gasteiger partial charge in [-0.15, -0.1) is 5.10 Å². The topological polar surface area (TPSA) is 69.5 Å². The molecule has 0 bridgehead atoms. The summed E-state index contributed by atoms with van der Waals surface area (Å²) in [6, 6.07) is 17.0. The third kappa shape index (κ3) is 4.35. The van der Waals surface area contributed by atoms with Crippen LogP contribution in [-0.2, 0) is 6.42 Å². The average Bonchev–Trinajstić information content (AvgIpc) is 3.25. The number of H-pyrrole nitrogens is 1. The van der Waals surface area contributed by atoms with E-state index in [1.54, 1.807) is 0 Å². The van der Waals surface area contributed by atoms with Crippen molar-refractivity contribution < 1.29 is 0 Å². The highest BCUT2D eigenvalue weighted by molar-refractivity contribution is 5.46. The number of benzene rings is 2. The van der Waals surface area contributed by atoms with Gasteiger partial charge in [0.15, 0.2) is 5.82 Å². The van der Waals surface area contributed by atoms with Crippen molar-refractivity contribution in [3.8, 4) is 0 Å². The lowest BCUT2D eigenvalue weighted by atomic mass is 10.0. The summed E-state index contributed by atoms with van der Waals surface area (Å²) in [7, 11) is 0. The fourth-order valence-corrected chi connectivity index (χ4v) is 5.01. The number of nitrogens with one attached hydrogen (secondary N) is 1. The Morgan fingerprint density at radius 2 is 1.65 bits per heavy atom. The Hall–Kier alpha value is -3.45. The maximum absolute atomic E-state index is 13.4. The first-order valence-corrected chi connectivity index (χ1v) is 12.0. The maximum atomic E-state index is 13.4. The van der Waals surface area contributed by atoms with Crippen LogP contribution in [0.3, 0.4) is 0 Å². The van der Waals surface area contributed by atoms with Gasteiger partial charge in [-0.05, 0) is 45.4 Å². The molecule has 0 saturated carbocycles. The van der Waals surface area contributed by atoms with Crippen LogP contribution in [0.1, 0.15) is 46.7 Å². The monoisotopic (exact) mass is 456 g/mol. The van der Waals surface area contributed by atoms with E-state index in [2.05, 4.69) is 83.1 Å². The zero-order valence-corrected chi connectivity index (χ0v) is 20.4. The third-order valence-electron chi connectivity index (χ3n) is 6.85. The number of nitrogens with zero attached hydrogens (tertiary/aromatic N) is 5. The first-order valence-electron chi connectivity index (χ1n) is 12.0. The fraction of sp³-hybridized carbons (Fsp3) is 0.370. The summed E-state index contributed by atoms with van der Waals surface area (Å²) in [6.45, 7) is 12.0. The van der Waals surface area contributed by atoms with Crippen molar-refractivity contribution in [2.24, 2.45) is 0 Å². The minimum atomic E-state index is -0.0924. The predicted molar refractivity (Wildman–Crippen MR) is 136 cm³/mol. The van der Waals surface area contributed by atoms with Gasteiger partial charge in [0.2, 0.25) is 5.78 Å². The van der Waals surface area contributed by atoms with Gasteiger partial charge in [0, 0.05) is 49.5 Å². The van der Waals surface area contributed by atoms with Crippen LogP contribution in [-0.4, -0.2) is 50.7 Å². The number of para-hydroxylation sites is 1. The molecule has 1 unspecified atom stereocenters. The predicted octanol–water partition coefficient (Wildman–Crippen LogP) is 3.82. The van der Waals surface area contributed by atoms with E-state index >= 15 is 0 Å². The van der Waals surface area contributed by atoms with Crippen molar-refractivity contribution in [1.82, 2.24) is 24.5 Å². The smallest absolute Gasteiger partial charge is 0.279 e. The molecule has 7 heteroatoms. The number of aryl methyl sites for hydroxylation is 3. The van der Waals surface area contributed by atoms with Crippen molar-refractivity contribution in [2.75, 3.05) is 31.1 Å². The number of aromatic nitrogens is 4. The summed E-state index contributed by atoms with van der Waals surface area (Å²) in [5.74, 6) is 1.20. The Bertz CT molecular complexity index is 1350. The molecule has 0 spiro atoms. The van der Waals surface area contributed by atoms with Crippen molar-refractivity contribution >= 4 is 11.5 Å². The van der Waals surface area contributed by atoms with E-state index in [9.17, 15) is 4.79 Å². The van der Waals surface area contributed by atoms with Gasteiger partial charge >= 0.3 is 0 Å². The van der Waals surface area contributed by atoms with Crippen molar-refractivity contribution in [3.05, 3.63) is 92.7 Å². The molecule has 1 N–H and O–H groups in total. The Balaban J connectivity index is 1.37. The molecule has 1 fully saturated rings. The Morgan fingerprint density at radius 1 is 0.971 bits per heavy atom. The molecule has 1 saturated heterocycles. The zero-order valence-electron chi connectivity index (χ0n) is 20.4. The molecule has 1 atom stereocenters. The number of aromatic amines is 1. The largest absolute Gasteiger partial charge is 0.369 e. The Labute approximate surface area is 200 Å². The quantitative estimate of drug-likeness (QED) is 0.495.